The average molecular weight is 266 g/mol. The van der Waals surface area contributed by atoms with Crippen molar-refractivity contribution in [3.63, 3.8) is 0 Å². The molecule has 2 aliphatic rings. The van der Waals surface area contributed by atoms with Crippen LogP contribution in [0.1, 0.15) is 35.1 Å². The van der Waals surface area contributed by atoms with Crippen LogP contribution in [0, 0.1) is 5.92 Å². The van der Waals surface area contributed by atoms with Crippen molar-refractivity contribution < 1.29 is 9.84 Å². The Morgan fingerprint density at radius 1 is 1.10 bits per heavy atom. The van der Waals surface area contributed by atoms with Gasteiger partial charge in [0.25, 0.3) is 0 Å². The van der Waals surface area contributed by atoms with E-state index in [4.69, 9.17) is 4.74 Å². The first-order valence-corrected chi connectivity index (χ1v) is 7.31. The Morgan fingerprint density at radius 3 is 2.80 bits per heavy atom. The quantitative estimate of drug-likeness (QED) is 0.922. The Hall–Kier alpha value is -1.80. The lowest BCUT2D eigenvalue weighted by molar-refractivity contribution is 0.151. The van der Waals surface area contributed by atoms with Gasteiger partial charge in [-0.3, -0.25) is 0 Å². The summed E-state index contributed by atoms with van der Waals surface area (Å²) in [5.41, 5.74) is 3.62. The fourth-order valence-electron chi connectivity index (χ4n) is 3.28. The molecule has 1 heterocycles. The largest absolute Gasteiger partial charge is 0.493 e. The van der Waals surface area contributed by atoms with E-state index in [-0.39, 0.29) is 6.10 Å². The van der Waals surface area contributed by atoms with Crippen molar-refractivity contribution in [2.75, 3.05) is 6.61 Å². The molecule has 0 aromatic heterocycles. The topological polar surface area (TPSA) is 29.5 Å². The number of hydrogen-bond donors (Lipinski definition) is 1. The summed E-state index contributed by atoms with van der Waals surface area (Å²) >= 11 is 0. The molecule has 1 aliphatic heterocycles. The van der Waals surface area contributed by atoms with E-state index < -0.39 is 0 Å². The second-order valence-corrected chi connectivity index (χ2v) is 5.83. The second kappa shape index (κ2) is 4.64. The molecule has 1 aliphatic carbocycles. The first-order valence-electron chi connectivity index (χ1n) is 7.31. The van der Waals surface area contributed by atoms with Gasteiger partial charge in [0, 0.05) is 6.42 Å². The molecule has 3 unspecified atom stereocenters. The number of fused-ring (bicyclic) bond motifs is 1. The zero-order chi connectivity index (χ0) is 13.5. The van der Waals surface area contributed by atoms with Crippen LogP contribution in [0.25, 0.3) is 0 Å². The van der Waals surface area contributed by atoms with E-state index in [0.29, 0.717) is 11.8 Å². The minimum atomic E-state index is -0.355. The van der Waals surface area contributed by atoms with E-state index in [9.17, 15) is 5.11 Å². The Bertz CT molecular complexity index is 621. The molecule has 1 saturated carbocycles. The molecule has 0 radical (unpaired) electrons. The first-order chi connectivity index (χ1) is 9.83. The number of aliphatic hydroxyl groups excluding tert-OH is 1. The van der Waals surface area contributed by atoms with Crippen LogP contribution < -0.4 is 4.74 Å². The number of rotatable bonds is 3. The van der Waals surface area contributed by atoms with Crippen molar-refractivity contribution in [3.8, 4) is 5.75 Å². The average Bonchev–Trinajstić information content (AvgIpc) is 3.17. The molecule has 0 amide bonds. The number of aliphatic hydroxyl groups is 1. The molecule has 2 nitrogen and oxygen atoms in total. The van der Waals surface area contributed by atoms with Gasteiger partial charge >= 0.3 is 0 Å². The minimum absolute atomic E-state index is 0.355. The molecule has 1 N–H and O–H groups in total. The van der Waals surface area contributed by atoms with Gasteiger partial charge in [-0.15, -0.1) is 0 Å². The monoisotopic (exact) mass is 266 g/mol. The van der Waals surface area contributed by atoms with Crippen molar-refractivity contribution in [1.29, 1.82) is 0 Å². The van der Waals surface area contributed by atoms with Gasteiger partial charge < -0.3 is 9.84 Å². The number of hydrogen-bond acceptors (Lipinski definition) is 2. The summed E-state index contributed by atoms with van der Waals surface area (Å²) in [4.78, 5) is 0. The number of benzene rings is 2. The van der Waals surface area contributed by atoms with Crippen LogP contribution in [0.5, 0.6) is 5.75 Å². The maximum absolute atomic E-state index is 10.6. The van der Waals surface area contributed by atoms with Crippen molar-refractivity contribution in [3.05, 3.63) is 65.2 Å². The summed E-state index contributed by atoms with van der Waals surface area (Å²) in [5.74, 6) is 1.85. The van der Waals surface area contributed by atoms with Gasteiger partial charge in [0.1, 0.15) is 5.75 Å². The highest BCUT2D eigenvalue weighted by Crippen LogP contribution is 2.54. The van der Waals surface area contributed by atoms with Crippen LogP contribution >= 0.6 is 0 Å². The SMILES string of the molecule is OC(c1ccc2c(c1)CCO2)C1CC1c1ccccc1. The summed E-state index contributed by atoms with van der Waals surface area (Å²) in [7, 11) is 0. The summed E-state index contributed by atoms with van der Waals surface area (Å²) in [6.45, 7) is 0.769. The molecule has 2 aromatic rings. The number of ether oxygens (including phenoxy) is 1. The van der Waals surface area contributed by atoms with Crippen molar-refractivity contribution in [2.45, 2.75) is 24.9 Å². The van der Waals surface area contributed by atoms with E-state index in [2.05, 4.69) is 30.3 Å². The molecule has 3 atom stereocenters. The molecule has 102 valence electrons. The third kappa shape index (κ3) is 2.01. The van der Waals surface area contributed by atoms with Crippen LogP contribution in [0.15, 0.2) is 48.5 Å². The molecule has 4 rings (SSSR count). The van der Waals surface area contributed by atoms with Crippen molar-refractivity contribution in [2.24, 2.45) is 5.92 Å². The van der Waals surface area contributed by atoms with Gasteiger partial charge in [-0.05, 0) is 47.1 Å². The van der Waals surface area contributed by atoms with Crippen LogP contribution in [0.2, 0.25) is 0 Å². The summed E-state index contributed by atoms with van der Waals surface area (Å²) in [5, 5.41) is 10.6. The lowest BCUT2D eigenvalue weighted by Gasteiger charge is -2.12. The van der Waals surface area contributed by atoms with E-state index >= 15 is 0 Å². The van der Waals surface area contributed by atoms with Gasteiger partial charge in [0.15, 0.2) is 0 Å². The van der Waals surface area contributed by atoms with Gasteiger partial charge in [-0.25, -0.2) is 0 Å². The first kappa shape index (κ1) is 12.0. The predicted molar refractivity (Wildman–Crippen MR) is 77.9 cm³/mol. The standard InChI is InChI=1S/C18H18O2/c19-18(14-6-7-17-13(10-14)8-9-20-17)16-11-15(16)12-4-2-1-3-5-12/h1-7,10,15-16,18-19H,8-9,11H2. The Morgan fingerprint density at radius 2 is 1.95 bits per heavy atom. The van der Waals surface area contributed by atoms with Crippen LogP contribution in [-0.4, -0.2) is 11.7 Å². The normalized spacial score (nSPS) is 24.9. The highest BCUT2D eigenvalue weighted by molar-refractivity contribution is 5.41. The van der Waals surface area contributed by atoms with Crippen LogP contribution in [0.3, 0.4) is 0 Å². The molecule has 0 spiro atoms. The van der Waals surface area contributed by atoms with Gasteiger partial charge in [0.05, 0.1) is 12.7 Å². The lowest BCUT2D eigenvalue weighted by atomic mass is 9.99. The van der Waals surface area contributed by atoms with E-state index in [1.807, 2.05) is 18.2 Å². The van der Waals surface area contributed by atoms with Crippen molar-refractivity contribution >= 4 is 0 Å². The minimum Gasteiger partial charge on any atom is -0.493 e. The third-order valence-electron chi connectivity index (χ3n) is 4.53. The lowest BCUT2D eigenvalue weighted by Crippen LogP contribution is -2.02. The van der Waals surface area contributed by atoms with Gasteiger partial charge in [0.2, 0.25) is 0 Å². The molecule has 2 aromatic carbocycles. The van der Waals surface area contributed by atoms with Crippen molar-refractivity contribution in [1.82, 2.24) is 0 Å². The fourth-order valence-corrected chi connectivity index (χ4v) is 3.28. The maximum Gasteiger partial charge on any atom is 0.122 e. The molecule has 20 heavy (non-hydrogen) atoms. The van der Waals surface area contributed by atoms with E-state index in [1.165, 1.54) is 11.1 Å². The molecule has 0 saturated heterocycles. The zero-order valence-corrected chi connectivity index (χ0v) is 11.3. The molecular weight excluding hydrogens is 248 g/mol. The molecule has 0 bridgehead atoms. The molecule has 2 heteroatoms. The molecule has 1 fully saturated rings. The fraction of sp³-hybridized carbons (Fsp3) is 0.333. The van der Waals surface area contributed by atoms with Gasteiger partial charge in [-0.1, -0.05) is 36.4 Å². The predicted octanol–water partition coefficient (Wildman–Crippen LogP) is 3.46. The summed E-state index contributed by atoms with van der Waals surface area (Å²) in [6.07, 6.45) is 1.69. The highest BCUT2D eigenvalue weighted by Gasteiger charge is 2.43. The highest BCUT2D eigenvalue weighted by atomic mass is 16.5. The maximum atomic E-state index is 10.6. The smallest absolute Gasteiger partial charge is 0.122 e. The Kier molecular flexibility index (Phi) is 2.78. The summed E-state index contributed by atoms with van der Waals surface area (Å²) in [6, 6.07) is 16.6. The van der Waals surface area contributed by atoms with E-state index in [0.717, 1.165) is 30.8 Å². The Labute approximate surface area is 119 Å². The van der Waals surface area contributed by atoms with Crippen LogP contribution in [0.4, 0.5) is 0 Å². The zero-order valence-electron chi connectivity index (χ0n) is 11.3. The van der Waals surface area contributed by atoms with Gasteiger partial charge in [-0.2, -0.15) is 0 Å². The summed E-state index contributed by atoms with van der Waals surface area (Å²) < 4.78 is 5.52. The molecular formula is C18H18O2. The Balaban J connectivity index is 1.53. The second-order valence-electron chi connectivity index (χ2n) is 5.83. The third-order valence-corrected chi connectivity index (χ3v) is 4.53. The van der Waals surface area contributed by atoms with E-state index in [1.54, 1.807) is 0 Å². The van der Waals surface area contributed by atoms with Crippen LogP contribution in [-0.2, 0) is 6.42 Å².